The molecule has 6 rings (SSSR count). The quantitative estimate of drug-likeness (QED) is 0.165. The van der Waals surface area contributed by atoms with Crippen LogP contribution in [0.3, 0.4) is 0 Å². The zero-order valence-electron chi connectivity index (χ0n) is 24.0. The second kappa shape index (κ2) is 11.7. The van der Waals surface area contributed by atoms with Crippen LogP contribution in [0.1, 0.15) is 0 Å². The minimum Gasteiger partial charge on any atom is -0.493 e. The molecule has 0 aliphatic carbocycles. The zero-order chi connectivity index (χ0) is 29.3. The summed E-state index contributed by atoms with van der Waals surface area (Å²) in [5, 5.41) is 6.04. The summed E-state index contributed by atoms with van der Waals surface area (Å²) < 4.78 is 20.8. The number of methoxy groups -OCH3 is 3. The van der Waals surface area contributed by atoms with Crippen molar-refractivity contribution in [2.24, 2.45) is 7.05 Å². The number of hydrogen-bond donors (Lipinski definition) is 0. The molecule has 0 saturated heterocycles. The van der Waals surface area contributed by atoms with Crippen molar-refractivity contribution < 1.29 is 14.2 Å². The standard InChI is InChI=1S/C36H32BrNO3P/c1-38-24-31(30-21-25(37)19-20-32(30)38)29-17-11-12-18-35(29)42(26-13-7-5-8-14-26,27-15-9-6-10-16-27)28-22-33(39-2)36(41-4)34(23-28)40-3/h5-24H,1-4H3/q+1. The van der Waals surface area contributed by atoms with Crippen molar-refractivity contribution >= 4 is 55.3 Å². The second-order valence-electron chi connectivity index (χ2n) is 10.1. The van der Waals surface area contributed by atoms with Gasteiger partial charge in [-0.25, -0.2) is 0 Å². The van der Waals surface area contributed by atoms with Gasteiger partial charge in [0.1, 0.15) is 28.5 Å². The fourth-order valence-electron chi connectivity index (χ4n) is 6.00. The maximum absolute atomic E-state index is 5.92. The van der Waals surface area contributed by atoms with E-state index in [1.54, 1.807) is 21.3 Å². The molecule has 6 heteroatoms. The van der Waals surface area contributed by atoms with E-state index in [-0.39, 0.29) is 0 Å². The molecule has 4 nitrogen and oxygen atoms in total. The Morgan fingerprint density at radius 3 is 1.74 bits per heavy atom. The Balaban J connectivity index is 1.80. The van der Waals surface area contributed by atoms with Crippen molar-refractivity contribution in [1.29, 1.82) is 0 Å². The van der Waals surface area contributed by atoms with Crippen molar-refractivity contribution in [2.75, 3.05) is 21.3 Å². The Labute approximate surface area is 256 Å². The highest BCUT2D eigenvalue weighted by atomic mass is 79.9. The Hall–Kier alpha value is -4.05. The summed E-state index contributed by atoms with van der Waals surface area (Å²) in [5.41, 5.74) is 3.56. The molecule has 210 valence electrons. The lowest BCUT2D eigenvalue weighted by atomic mass is 10.0. The van der Waals surface area contributed by atoms with Gasteiger partial charge in [-0.15, -0.1) is 0 Å². The molecule has 0 unspecified atom stereocenters. The van der Waals surface area contributed by atoms with E-state index >= 15 is 0 Å². The number of nitrogens with zero attached hydrogens (tertiary/aromatic N) is 1. The van der Waals surface area contributed by atoms with E-state index in [0.717, 1.165) is 9.78 Å². The normalized spacial score (nSPS) is 11.5. The monoisotopic (exact) mass is 636 g/mol. The van der Waals surface area contributed by atoms with Crippen molar-refractivity contribution in [1.82, 2.24) is 4.57 Å². The van der Waals surface area contributed by atoms with Gasteiger partial charge in [0.05, 0.1) is 21.3 Å². The van der Waals surface area contributed by atoms with Crippen molar-refractivity contribution in [3.8, 4) is 28.4 Å². The molecule has 0 atom stereocenters. The van der Waals surface area contributed by atoms with Gasteiger partial charge < -0.3 is 18.8 Å². The second-order valence-corrected chi connectivity index (χ2v) is 14.3. The van der Waals surface area contributed by atoms with E-state index in [4.69, 9.17) is 14.2 Å². The average molecular weight is 638 g/mol. The molecule has 0 radical (unpaired) electrons. The van der Waals surface area contributed by atoms with Crippen LogP contribution < -0.4 is 35.4 Å². The Bertz CT molecular complexity index is 1800. The summed E-state index contributed by atoms with van der Waals surface area (Å²) in [4.78, 5) is 0. The van der Waals surface area contributed by atoms with Crippen molar-refractivity contribution in [3.63, 3.8) is 0 Å². The van der Waals surface area contributed by atoms with Gasteiger partial charge in [0.15, 0.2) is 11.5 Å². The Morgan fingerprint density at radius 2 is 1.17 bits per heavy atom. The van der Waals surface area contributed by atoms with Crippen LogP contribution in [-0.4, -0.2) is 25.9 Å². The highest BCUT2D eigenvalue weighted by Gasteiger charge is 2.50. The predicted molar refractivity (Wildman–Crippen MR) is 180 cm³/mol. The van der Waals surface area contributed by atoms with Gasteiger partial charge >= 0.3 is 0 Å². The number of benzene rings is 5. The third-order valence-electron chi connectivity index (χ3n) is 7.83. The first kappa shape index (κ1) is 28.1. The lowest BCUT2D eigenvalue weighted by Crippen LogP contribution is -2.39. The lowest BCUT2D eigenvalue weighted by molar-refractivity contribution is 0.325. The molecule has 5 aromatic carbocycles. The van der Waals surface area contributed by atoms with Crippen LogP contribution in [0.4, 0.5) is 0 Å². The van der Waals surface area contributed by atoms with E-state index in [1.165, 1.54) is 37.9 Å². The first-order valence-electron chi connectivity index (χ1n) is 13.7. The fourth-order valence-corrected chi connectivity index (χ4v) is 10.8. The summed E-state index contributed by atoms with van der Waals surface area (Å²) in [6.07, 6.45) is 2.25. The Kier molecular flexibility index (Phi) is 7.81. The summed E-state index contributed by atoms with van der Waals surface area (Å²) in [6, 6.07) is 41.2. The summed E-state index contributed by atoms with van der Waals surface area (Å²) in [7, 11) is 4.57. The molecule has 1 heterocycles. The SMILES string of the molecule is COc1cc([P+](c2ccccc2)(c2ccccc2)c2ccccc2-c2cn(C)c3ccc(Br)cc23)cc(OC)c1OC. The van der Waals surface area contributed by atoms with Gasteiger partial charge in [0.2, 0.25) is 5.75 Å². The molecule has 0 spiro atoms. The fraction of sp³-hybridized carbons (Fsp3) is 0.111. The first-order chi connectivity index (χ1) is 20.5. The van der Waals surface area contributed by atoms with Gasteiger partial charge in [0, 0.05) is 51.9 Å². The minimum absolute atomic E-state index is 0.579. The molecule has 0 saturated carbocycles. The topological polar surface area (TPSA) is 32.6 Å². The Morgan fingerprint density at radius 1 is 0.595 bits per heavy atom. The van der Waals surface area contributed by atoms with Crippen LogP contribution in [0.5, 0.6) is 17.2 Å². The zero-order valence-corrected chi connectivity index (χ0v) is 26.5. The van der Waals surface area contributed by atoms with E-state index in [0.29, 0.717) is 17.2 Å². The smallest absolute Gasteiger partial charge is 0.203 e. The van der Waals surface area contributed by atoms with Gasteiger partial charge in [-0.1, -0.05) is 70.5 Å². The van der Waals surface area contributed by atoms with E-state index < -0.39 is 7.26 Å². The molecule has 42 heavy (non-hydrogen) atoms. The maximum Gasteiger partial charge on any atom is 0.203 e. The third kappa shape index (κ3) is 4.58. The largest absolute Gasteiger partial charge is 0.493 e. The number of rotatable bonds is 8. The van der Waals surface area contributed by atoms with Gasteiger partial charge in [0.25, 0.3) is 0 Å². The van der Waals surface area contributed by atoms with Crippen LogP contribution in [0, 0.1) is 0 Å². The first-order valence-corrected chi connectivity index (χ1v) is 16.3. The van der Waals surface area contributed by atoms with Crippen molar-refractivity contribution in [2.45, 2.75) is 0 Å². The summed E-state index contributed by atoms with van der Waals surface area (Å²) in [5.74, 6) is 1.85. The third-order valence-corrected chi connectivity index (χ3v) is 12.6. The summed E-state index contributed by atoms with van der Waals surface area (Å²) >= 11 is 3.72. The lowest BCUT2D eigenvalue weighted by Gasteiger charge is -2.30. The molecule has 0 aliphatic heterocycles. The number of ether oxygens (including phenoxy) is 3. The van der Waals surface area contributed by atoms with E-state index in [2.05, 4.69) is 149 Å². The predicted octanol–water partition coefficient (Wildman–Crippen LogP) is 7.25. The van der Waals surface area contributed by atoms with Gasteiger partial charge in [-0.05, 0) is 48.5 Å². The molecule has 0 bridgehead atoms. The van der Waals surface area contributed by atoms with Crippen LogP contribution in [0.15, 0.2) is 126 Å². The van der Waals surface area contributed by atoms with Crippen LogP contribution in [0.25, 0.3) is 22.0 Å². The number of fused-ring (bicyclic) bond motifs is 1. The minimum atomic E-state index is -2.54. The molecular formula is C36H32BrNO3P+. The molecule has 0 amide bonds. The molecule has 0 N–H and O–H groups in total. The molecule has 0 aliphatic rings. The van der Waals surface area contributed by atoms with E-state index in [1.807, 2.05) is 0 Å². The maximum atomic E-state index is 5.92. The van der Waals surface area contributed by atoms with Gasteiger partial charge in [-0.2, -0.15) is 0 Å². The van der Waals surface area contributed by atoms with Crippen LogP contribution >= 0.6 is 23.2 Å². The number of aryl methyl sites for hydroxylation is 1. The number of halogens is 1. The van der Waals surface area contributed by atoms with E-state index in [9.17, 15) is 0 Å². The number of hydrogen-bond acceptors (Lipinski definition) is 3. The molecular weight excluding hydrogens is 605 g/mol. The summed E-state index contributed by atoms with van der Waals surface area (Å²) in [6.45, 7) is 0. The molecule has 1 aromatic heterocycles. The van der Waals surface area contributed by atoms with Gasteiger partial charge in [-0.3, -0.25) is 0 Å². The highest BCUT2D eigenvalue weighted by molar-refractivity contribution is 9.10. The average Bonchev–Trinajstić information content (AvgIpc) is 3.37. The van der Waals surface area contributed by atoms with Crippen LogP contribution in [0.2, 0.25) is 0 Å². The van der Waals surface area contributed by atoms with Crippen LogP contribution in [-0.2, 0) is 7.05 Å². The number of aromatic nitrogens is 1. The highest BCUT2D eigenvalue weighted by Crippen LogP contribution is 2.58. The molecule has 6 aromatic rings. The van der Waals surface area contributed by atoms with Crippen molar-refractivity contribution in [3.05, 3.63) is 126 Å². The molecule has 0 fully saturated rings.